The van der Waals surface area contributed by atoms with Gasteiger partial charge in [0.05, 0.1) is 10.6 Å². The number of anilines is 1. The maximum atomic E-state index is 12.0. The number of carbonyl (C=O) groups is 2. The number of rotatable bonds is 3. The van der Waals surface area contributed by atoms with Gasteiger partial charge in [-0.15, -0.1) is 0 Å². The summed E-state index contributed by atoms with van der Waals surface area (Å²) in [4.78, 5) is 22.9. The number of benzene rings is 2. The molecule has 0 unspecified atom stereocenters. The number of hydrogen-bond acceptors (Lipinski definition) is 2. The molecule has 3 N–H and O–H groups in total. The van der Waals surface area contributed by atoms with Crippen LogP contribution in [0.15, 0.2) is 48.5 Å². The predicted octanol–water partition coefficient (Wildman–Crippen LogP) is 2.69. The highest BCUT2D eigenvalue weighted by atomic mass is 35.5. The zero-order valence-electron chi connectivity index (χ0n) is 9.89. The van der Waals surface area contributed by atoms with Crippen molar-refractivity contribution in [3.63, 3.8) is 0 Å². The highest BCUT2D eigenvalue weighted by Gasteiger charge is 2.09. The van der Waals surface area contributed by atoms with E-state index in [1.54, 1.807) is 48.5 Å². The maximum absolute atomic E-state index is 12.0. The summed E-state index contributed by atoms with van der Waals surface area (Å²) >= 11 is 5.93. The quantitative estimate of drug-likeness (QED) is 0.903. The Balaban J connectivity index is 2.15. The van der Waals surface area contributed by atoms with Crippen molar-refractivity contribution >= 4 is 29.1 Å². The number of amides is 2. The number of halogens is 1. The van der Waals surface area contributed by atoms with Gasteiger partial charge in [0.1, 0.15) is 0 Å². The average molecular weight is 275 g/mol. The lowest BCUT2D eigenvalue weighted by molar-refractivity contribution is 0.0998. The molecule has 2 rings (SSSR count). The average Bonchev–Trinajstić information content (AvgIpc) is 2.39. The molecule has 0 heterocycles. The summed E-state index contributed by atoms with van der Waals surface area (Å²) in [7, 11) is 0. The van der Waals surface area contributed by atoms with Gasteiger partial charge in [0.2, 0.25) is 5.91 Å². The fraction of sp³-hybridized carbons (Fsp3) is 0. The Morgan fingerprint density at radius 2 is 1.63 bits per heavy atom. The lowest BCUT2D eigenvalue weighted by Gasteiger charge is -2.06. The molecule has 96 valence electrons. The van der Waals surface area contributed by atoms with E-state index in [1.165, 1.54) is 0 Å². The molecule has 0 spiro atoms. The first-order valence-electron chi connectivity index (χ1n) is 5.53. The van der Waals surface area contributed by atoms with Gasteiger partial charge in [-0.2, -0.15) is 0 Å². The minimum absolute atomic E-state index is 0.308. The lowest BCUT2D eigenvalue weighted by Crippen LogP contribution is -2.13. The Morgan fingerprint density at radius 1 is 1.00 bits per heavy atom. The molecule has 2 aromatic rings. The molecule has 2 amide bonds. The zero-order valence-corrected chi connectivity index (χ0v) is 10.6. The minimum atomic E-state index is -0.510. The van der Waals surface area contributed by atoms with E-state index in [0.717, 1.165) is 0 Å². The van der Waals surface area contributed by atoms with Crippen molar-refractivity contribution in [2.75, 3.05) is 5.32 Å². The van der Waals surface area contributed by atoms with E-state index in [1.807, 2.05) is 0 Å². The fourth-order valence-electron chi connectivity index (χ4n) is 1.56. The number of nitrogens with two attached hydrogens (primary N) is 1. The smallest absolute Gasteiger partial charge is 0.257 e. The van der Waals surface area contributed by atoms with Crippen LogP contribution in [0.2, 0.25) is 5.02 Å². The SMILES string of the molecule is NC(=O)c1ccc(NC(=O)c2ccccc2Cl)cc1. The predicted molar refractivity (Wildman–Crippen MR) is 74.4 cm³/mol. The summed E-state index contributed by atoms with van der Waals surface area (Å²) < 4.78 is 0. The summed E-state index contributed by atoms with van der Waals surface area (Å²) in [5.74, 6) is -0.818. The van der Waals surface area contributed by atoms with E-state index >= 15 is 0 Å². The molecule has 0 saturated carbocycles. The third-order valence-corrected chi connectivity index (χ3v) is 2.88. The third-order valence-electron chi connectivity index (χ3n) is 2.55. The molecule has 5 heteroatoms. The first kappa shape index (κ1) is 13.1. The van der Waals surface area contributed by atoms with Gasteiger partial charge in [0, 0.05) is 11.3 Å². The summed E-state index contributed by atoms with van der Waals surface area (Å²) in [6, 6.07) is 13.1. The Kier molecular flexibility index (Phi) is 3.82. The summed E-state index contributed by atoms with van der Waals surface area (Å²) in [5, 5.41) is 3.07. The van der Waals surface area contributed by atoms with Gasteiger partial charge in [0.25, 0.3) is 5.91 Å². The molecular weight excluding hydrogens is 264 g/mol. The van der Waals surface area contributed by atoms with E-state index in [9.17, 15) is 9.59 Å². The van der Waals surface area contributed by atoms with Gasteiger partial charge in [-0.3, -0.25) is 9.59 Å². The van der Waals surface area contributed by atoms with Crippen LogP contribution in [0.4, 0.5) is 5.69 Å². The van der Waals surface area contributed by atoms with Crippen LogP contribution in [0.1, 0.15) is 20.7 Å². The van der Waals surface area contributed by atoms with Gasteiger partial charge < -0.3 is 11.1 Å². The monoisotopic (exact) mass is 274 g/mol. The molecule has 2 aromatic carbocycles. The molecule has 0 aliphatic rings. The van der Waals surface area contributed by atoms with E-state index in [-0.39, 0.29) is 5.91 Å². The number of hydrogen-bond donors (Lipinski definition) is 2. The number of primary amides is 1. The molecule has 19 heavy (non-hydrogen) atoms. The largest absolute Gasteiger partial charge is 0.366 e. The van der Waals surface area contributed by atoms with Gasteiger partial charge in [-0.25, -0.2) is 0 Å². The van der Waals surface area contributed by atoms with Crippen molar-refractivity contribution in [2.24, 2.45) is 5.73 Å². The van der Waals surface area contributed by atoms with Crippen molar-refractivity contribution in [3.8, 4) is 0 Å². The highest BCUT2D eigenvalue weighted by molar-refractivity contribution is 6.34. The first-order chi connectivity index (χ1) is 9.08. The van der Waals surface area contributed by atoms with Crippen LogP contribution in [0, 0.1) is 0 Å². The maximum Gasteiger partial charge on any atom is 0.257 e. The van der Waals surface area contributed by atoms with Crippen molar-refractivity contribution in [1.29, 1.82) is 0 Å². The van der Waals surface area contributed by atoms with E-state index in [2.05, 4.69) is 5.32 Å². The van der Waals surface area contributed by atoms with Gasteiger partial charge in [-0.1, -0.05) is 23.7 Å². The Hall–Kier alpha value is -2.33. The Labute approximate surface area is 115 Å². The fourth-order valence-corrected chi connectivity index (χ4v) is 1.78. The Bertz CT molecular complexity index is 624. The summed E-state index contributed by atoms with van der Waals surface area (Å²) in [6.07, 6.45) is 0. The van der Waals surface area contributed by atoms with E-state index in [4.69, 9.17) is 17.3 Å². The highest BCUT2D eigenvalue weighted by Crippen LogP contribution is 2.17. The zero-order chi connectivity index (χ0) is 13.8. The van der Waals surface area contributed by atoms with Crippen molar-refractivity contribution < 1.29 is 9.59 Å². The molecule has 0 aromatic heterocycles. The second kappa shape index (κ2) is 5.54. The molecular formula is C14H11ClN2O2. The summed E-state index contributed by atoms with van der Waals surface area (Å²) in [6.45, 7) is 0. The molecule has 0 radical (unpaired) electrons. The van der Waals surface area contributed by atoms with Crippen LogP contribution in [-0.2, 0) is 0 Å². The molecule has 0 aliphatic heterocycles. The molecule has 0 atom stereocenters. The first-order valence-corrected chi connectivity index (χ1v) is 5.91. The topological polar surface area (TPSA) is 72.2 Å². The second-order valence-electron chi connectivity index (χ2n) is 3.88. The van der Waals surface area contributed by atoms with Crippen molar-refractivity contribution in [2.45, 2.75) is 0 Å². The van der Waals surface area contributed by atoms with Gasteiger partial charge in [-0.05, 0) is 36.4 Å². The molecule has 0 saturated heterocycles. The molecule has 0 bridgehead atoms. The summed E-state index contributed by atoms with van der Waals surface area (Å²) in [5.41, 5.74) is 6.47. The van der Waals surface area contributed by atoms with Crippen molar-refractivity contribution in [3.05, 3.63) is 64.7 Å². The van der Waals surface area contributed by atoms with E-state index < -0.39 is 5.91 Å². The molecule has 0 aliphatic carbocycles. The van der Waals surface area contributed by atoms with Crippen LogP contribution >= 0.6 is 11.6 Å². The number of carbonyl (C=O) groups excluding carboxylic acids is 2. The molecule has 0 fully saturated rings. The standard InChI is InChI=1S/C14H11ClN2O2/c15-12-4-2-1-3-11(12)14(19)17-10-7-5-9(6-8-10)13(16)18/h1-8H,(H2,16,18)(H,17,19). The third kappa shape index (κ3) is 3.11. The second-order valence-corrected chi connectivity index (χ2v) is 4.28. The minimum Gasteiger partial charge on any atom is -0.366 e. The molecule has 4 nitrogen and oxygen atoms in total. The van der Waals surface area contributed by atoms with E-state index in [0.29, 0.717) is 21.8 Å². The van der Waals surface area contributed by atoms with Crippen LogP contribution in [0.25, 0.3) is 0 Å². The Morgan fingerprint density at radius 3 is 2.21 bits per heavy atom. The normalized spacial score (nSPS) is 9.95. The van der Waals surface area contributed by atoms with Crippen LogP contribution in [0.5, 0.6) is 0 Å². The number of nitrogens with one attached hydrogen (secondary N) is 1. The van der Waals surface area contributed by atoms with Crippen LogP contribution < -0.4 is 11.1 Å². The van der Waals surface area contributed by atoms with Gasteiger partial charge in [0.15, 0.2) is 0 Å². The van der Waals surface area contributed by atoms with Crippen LogP contribution in [0.3, 0.4) is 0 Å². The van der Waals surface area contributed by atoms with Gasteiger partial charge >= 0.3 is 0 Å². The lowest BCUT2D eigenvalue weighted by atomic mass is 10.1. The van der Waals surface area contributed by atoms with Crippen molar-refractivity contribution in [1.82, 2.24) is 0 Å². The van der Waals surface area contributed by atoms with Crippen LogP contribution in [-0.4, -0.2) is 11.8 Å².